The lowest BCUT2D eigenvalue weighted by molar-refractivity contribution is 0.646. The summed E-state index contributed by atoms with van der Waals surface area (Å²) in [5, 5.41) is 14.4. The van der Waals surface area contributed by atoms with Crippen LogP contribution in [-0.4, -0.2) is 19.1 Å². The number of azide groups is 1. The Labute approximate surface area is 59.3 Å². The first-order chi connectivity index (χ1) is 4.81. The zero-order valence-corrected chi connectivity index (χ0v) is 5.78. The fourth-order valence-electron chi connectivity index (χ4n) is 0.421. The molecule has 5 nitrogen and oxygen atoms in total. The van der Waals surface area contributed by atoms with Crippen molar-refractivity contribution in [1.82, 2.24) is 5.32 Å². The van der Waals surface area contributed by atoms with Crippen LogP contribution in [0.4, 0.5) is 0 Å². The largest absolute Gasteiger partial charge is 0.302 e. The first-order valence-electron chi connectivity index (χ1n) is 2.95. The van der Waals surface area contributed by atoms with Gasteiger partial charge >= 0.3 is 0 Å². The van der Waals surface area contributed by atoms with Gasteiger partial charge in [-0.2, -0.15) is 5.26 Å². The number of rotatable bonds is 4. The van der Waals surface area contributed by atoms with Crippen LogP contribution in [0.15, 0.2) is 5.11 Å². The second kappa shape index (κ2) is 5.89. The minimum atomic E-state index is -0.172. The molecule has 0 radical (unpaired) electrons. The van der Waals surface area contributed by atoms with Gasteiger partial charge in [-0.15, -0.1) is 0 Å². The molecule has 0 aliphatic carbocycles. The van der Waals surface area contributed by atoms with Crippen LogP contribution in [0.25, 0.3) is 10.4 Å². The molecule has 0 aromatic heterocycles. The van der Waals surface area contributed by atoms with Crippen LogP contribution in [0.3, 0.4) is 0 Å². The molecule has 0 aliphatic rings. The summed E-state index contributed by atoms with van der Waals surface area (Å²) >= 11 is 0. The highest BCUT2D eigenvalue weighted by molar-refractivity contribution is 4.85. The monoisotopic (exact) mass is 139 g/mol. The van der Waals surface area contributed by atoms with Crippen LogP contribution in [0.5, 0.6) is 0 Å². The molecule has 0 saturated heterocycles. The Morgan fingerprint density at radius 2 is 2.60 bits per heavy atom. The summed E-state index contributed by atoms with van der Waals surface area (Å²) in [6.07, 6.45) is 0. The summed E-state index contributed by atoms with van der Waals surface area (Å²) in [6.45, 7) is 2.69. The molecule has 1 N–H and O–H groups in total. The third-order valence-electron chi connectivity index (χ3n) is 0.919. The van der Waals surface area contributed by atoms with Crippen molar-refractivity contribution in [1.29, 1.82) is 5.26 Å². The Kier molecular flexibility index (Phi) is 5.16. The third kappa shape index (κ3) is 4.91. The molecule has 1 unspecified atom stereocenters. The molecular formula is C5H9N5. The Hall–Kier alpha value is -1.24. The van der Waals surface area contributed by atoms with Gasteiger partial charge in [0.15, 0.2) is 0 Å². The molecule has 0 fully saturated rings. The summed E-state index contributed by atoms with van der Waals surface area (Å²) in [4.78, 5) is 2.56. The molecule has 0 aromatic rings. The third-order valence-corrected chi connectivity index (χ3v) is 0.919. The van der Waals surface area contributed by atoms with E-state index in [1.807, 2.05) is 6.07 Å². The summed E-state index contributed by atoms with van der Waals surface area (Å²) in [7, 11) is 0. The first-order valence-corrected chi connectivity index (χ1v) is 2.95. The molecule has 0 spiro atoms. The van der Waals surface area contributed by atoms with Crippen molar-refractivity contribution in [2.45, 2.75) is 13.0 Å². The number of hydrogen-bond donors (Lipinski definition) is 1. The van der Waals surface area contributed by atoms with E-state index in [1.54, 1.807) is 6.92 Å². The molecule has 0 saturated carbocycles. The summed E-state index contributed by atoms with van der Waals surface area (Å²) in [6, 6.07) is 1.82. The molecule has 0 aromatic carbocycles. The summed E-state index contributed by atoms with van der Waals surface area (Å²) in [5.41, 5.74) is 7.85. The Morgan fingerprint density at radius 3 is 3.10 bits per heavy atom. The van der Waals surface area contributed by atoms with Crippen LogP contribution < -0.4 is 5.32 Å². The van der Waals surface area contributed by atoms with Crippen LogP contribution >= 0.6 is 0 Å². The zero-order chi connectivity index (χ0) is 7.82. The predicted molar refractivity (Wildman–Crippen MR) is 37.1 cm³/mol. The van der Waals surface area contributed by atoms with E-state index in [0.717, 1.165) is 0 Å². The highest BCUT2D eigenvalue weighted by atomic mass is 15.1. The smallest absolute Gasteiger partial charge is 0.0924 e. The minimum Gasteiger partial charge on any atom is -0.302 e. The number of nitriles is 1. The second-order valence-electron chi connectivity index (χ2n) is 1.76. The fraction of sp³-hybridized carbons (Fsp3) is 0.800. The van der Waals surface area contributed by atoms with Gasteiger partial charge in [0.05, 0.1) is 12.1 Å². The maximum absolute atomic E-state index is 8.28. The van der Waals surface area contributed by atoms with Gasteiger partial charge in [0.2, 0.25) is 0 Å². The molecule has 5 heteroatoms. The van der Waals surface area contributed by atoms with E-state index >= 15 is 0 Å². The van der Waals surface area contributed by atoms with Gasteiger partial charge in [0, 0.05) is 18.0 Å². The van der Waals surface area contributed by atoms with E-state index in [1.165, 1.54) is 0 Å². The van der Waals surface area contributed by atoms with Gasteiger partial charge < -0.3 is 5.32 Å². The van der Waals surface area contributed by atoms with Crippen molar-refractivity contribution >= 4 is 0 Å². The standard InChI is InChI=1S/C5H9N5/c1-5(4-6)8-2-3-9-10-7/h5,8H,2-3H2,1H3. The molecule has 0 bridgehead atoms. The van der Waals surface area contributed by atoms with E-state index in [-0.39, 0.29) is 6.04 Å². The normalized spacial score (nSPS) is 11.2. The lowest BCUT2D eigenvalue weighted by Gasteiger charge is -2.00. The van der Waals surface area contributed by atoms with Crippen LogP contribution in [0, 0.1) is 11.3 Å². The van der Waals surface area contributed by atoms with E-state index in [9.17, 15) is 0 Å². The molecule has 0 amide bonds. The lowest BCUT2D eigenvalue weighted by Crippen LogP contribution is -2.26. The minimum absolute atomic E-state index is 0.172. The van der Waals surface area contributed by atoms with Crippen molar-refractivity contribution in [3.05, 3.63) is 10.4 Å². The highest BCUT2D eigenvalue weighted by Gasteiger charge is 1.93. The Balaban J connectivity index is 3.21. The molecule has 0 aliphatic heterocycles. The maximum Gasteiger partial charge on any atom is 0.0924 e. The van der Waals surface area contributed by atoms with Crippen LogP contribution in [-0.2, 0) is 0 Å². The highest BCUT2D eigenvalue weighted by Crippen LogP contribution is 1.75. The Bertz CT molecular complexity index is 163. The van der Waals surface area contributed by atoms with Crippen molar-refractivity contribution in [2.24, 2.45) is 5.11 Å². The molecule has 1 atom stereocenters. The van der Waals surface area contributed by atoms with Gasteiger partial charge in [0.1, 0.15) is 0 Å². The van der Waals surface area contributed by atoms with Crippen molar-refractivity contribution < 1.29 is 0 Å². The van der Waals surface area contributed by atoms with Crippen LogP contribution in [0.2, 0.25) is 0 Å². The fourth-order valence-corrected chi connectivity index (χ4v) is 0.421. The average Bonchev–Trinajstić information content (AvgIpc) is 1.98. The van der Waals surface area contributed by atoms with Gasteiger partial charge in [-0.05, 0) is 12.5 Å². The second-order valence-corrected chi connectivity index (χ2v) is 1.76. The molecule has 0 rings (SSSR count). The summed E-state index contributed by atoms with van der Waals surface area (Å²) in [5.74, 6) is 0. The SMILES string of the molecule is CC(C#N)NCCN=[N+]=[N-]. The maximum atomic E-state index is 8.28. The van der Waals surface area contributed by atoms with Crippen LogP contribution in [0.1, 0.15) is 6.92 Å². The van der Waals surface area contributed by atoms with E-state index in [2.05, 4.69) is 15.3 Å². The van der Waals surface area contributed by atoms with Crippen molar-refractivity contribution in [2.75, 3.05) is 13.1 Å². The van der Waals surface area contributed by atoms with E-state index in [4.69, 9.17) is 10.8 Å². The first kappa shape index (κ1) is 8.76. The Morgan fingerprint density at radius 1 is 1.90 bits per heavy atom. The lowest BCUT2D eigenvalue weighted by atomic mass is 10.4. The van der Waals surface area contributed by atoms with Crippen molar-refractivity contribution in [3.8, 4) is 6.07 Å². The zero-order valence-electron chi connectivity index (χ0n) is 5.78. The van der Waals surface area contributed by atoms with Crippen molar-refractivity contribution in [3.63, 3.8) is 0 Å². The van der Waals surface area contributed by atoms with E-state index < -0.39 is 0 Å². The summed E-state index contributed by atoms with van der Waals surface area (Å²) < 4.78 is 0. The van der Waals surface area contributed by atoms with E-state index in [0.29, 0.717) is 13.1 Å². The molecule has 54 valence electrons. The topological polar surface area (TPSA) is 84.6 Å². The average molecular weight is 139 g/mol. The molecular weight excluding hydrogens is 130 g/mol. The van der Waals surface area contributed by atoms with Gasteiger partial charge in [-0.1, -0.05) is 5.11 Å². The predicted octanol–water partition coefficient (Wildman–Crippen LogP) is 0.798. The van der Waals surface area contributed by atoms with Gasteiger partial charge in [-0.25, -0.2) is 0 Å². The quantitative estimate of drug-likeness (QED) is 0.270. The molecule has 10 heavy (non-hydrogen) atoms. The number of hydrogen-bond acceptors (Lipinski definition) is 3. The number of nitrogens with zero attached hydrogens (tertiary/aromatic N) is 4. The number of nitrogens with one attached hydrogen (secondary N) is 1. The molecule has 0 heterocycles. The van der Waals surface area contributed by atoms with Gasteiger partial charge in [-0.3, -0.25) is 0 Å². The van der Waals surface area contributed by atoms with Gasteiger partial charge in [0.25, 0.3) is 0 Å².